The standard InChI is InChI=1S/C17H20ClN3O3S/c1-20-9-14(8-19-20)17-11-21(10-15(17)12-22)25(23,24)7-6-13-2-4-16(18)5-3-13/h2-9,15,17,22H,10-12H2,1H3/b7-6+/t15-,17-/m0/s1. The second kappa shape index (κ2) is 7.29. The summed E-state index contributed by atoms with van der Waals surface area (Å²) in [5.41, 5.74) is 1.70. The lowest BCUT2D eigenvalue weighted by Crippen LogP contribution is -2.27. The largest absolute Gasteiger partial charge is 0.396 e. The minimum Gasteiger partial charge on any atom is -0.396 e. The average Bonchev–Trinajstić information content (AvgIpc) is 3.20. The lowest BCUT2D eigenvalue weighted by Gasteiger charge is -2.13. The van der Waals surface area contributed by atoms with Crippen LogP contribution in [0.15, 0.2) is 42.1 Å². The molecule has 0 saturated carbocycles. The van der Waals surface area contributed by atoms with Crippen LogP contribution in [0.5, 0.6) is 0 Å². The van der Waals surface area contributed by atoms with E-state index in [-0.39, 0.29) is 18.4 Å². The average molecular weight is 382 g/mol. The van der Waals surface area contributed by atoms with Crippen molar-refractivity contribution < 1.29 is 13.5 Å². The number of aryl methyl sites for hydroxylation is 1. The zero-order chi connectivity index (χ0) is 18.0. The summed E-state index contributed by atoms with van der Waals surface area (Å²) in [7, 11) is -1.75. The Hall–Kier alpha value is -1.67. The number of benzene rings is 1. The fourth-order valence-corrected chi connectivity index (χ4v) is 4.45. The van der Waals surface area contributed by atoms with Crippen LogP contribution in [0.1, 0.15) is 17.0 Å². The Morgan fingerprint density at radius 2 is 2.04 bits per heavy atom. The van der Waals surface area contributed by atoms with Gasteiger partial charge in [-0.25, -0.2) is 8.42 Å². The Balaban J connectivity index is 1.77. The summed E-state index contributed by atoms with van der Waals surface area (Å²) in [5.74, 6) is -0.194. The number of sulfonamides is 1. The van der Waals surface area contributed by atoms with Gasteiger partial charge in [-0.2, -0.15) is 9.40 Å². The van der Waals surface area contributed by atoms with Gasteiger partial charge in [0.1, 0.15) is 0 Å². The summed E-state index contributed by atoms with van der Waals surface area (Å²) in [5, 5.41) is 15.6. The molecular weight excluding hydrogens is 362 g/mol. The van der Waals surface area contributed by atoms with Gasteiger partial charge in [-0.3, -0.25) is 4.68 Å². The molecule has 0 bridgehead atoms. The van der Waals surface area contributed by atoms with E-state index in [1.165, 1.54) is 9.71 Å². The maximum atomic E-state index is 12.6. The first kappa shape index (κ1) is 18.1. The summed E-state index contributed by atoms with van der Waals surface area (Å²) < 4.78 is 28.4. The predicted molar refractivity (Wildman–Crippen MR) is 97.5 cm³/mol. The third-order valence-corrected chi connectivity index (χ3v) is 6.21. The van der Waals surface area contributed by atoms with Crippen LogP contribution in [-0.2, 0) is 17.1 Å². The van der Waals surface area contributed by atoms with Gasteiger partial charge in [-0.1, -0.05) is 23.7 Å². The molecule has 0 amide bonds. The van der Waals surface area contributed by atoms with E-state index in [1.807, 2.05) is 13.2 Å². The summed E-state index contributed by atoms with van der Waals surface area (Å²) in [4.78, 5) is 0. The minimum atomic E-state index is -3.56. The highest BCUT2D eigenvalue weighted by Gasteiger charge is 2.38. The molecule has 8 heteroatoms. The highest BCUT2D eigenvalue weighted by atomic mass is 35.5. The number of aliphatic hydroxyl groups is 1. The van der Waals surface area contributed by atoms with Crippen molar-refractivity contribution in [3.63, 3.8) is 0 Å². The van der Waals surface area contributed by atoms with Gasteiger partial charge in [0, 0.05) is 55.2 Å². The van der Waals surface area contributed by atoms with Gasteiger partial charge in [0.2, 0.25) is 10.0 Å². The molecule has 1 aromatic heterocycles. The molecule has 1 fully saturated rings. The van der Waals surface area contributed by atoms with Crippen LogP contribution < -0.4 is 0 Å². The van der Waals surface area contributed by atoms with Gasteiger partial charge >= 0.3 is 0 Å². The third kappa shape index (κ3) is 4.12. The van der Waals surface area contributed by atoms with Gasteiger partial charge in [-0.05, 0) is 29.3 Å². The van der Waals surface area contributed by atoms with Crippen LogP contribution in [0, 0.1) is 5.92 Å². The fourth-order valence-electron chi connectivity index (χ4n) is 3.06. The molecule has 2 aromatic rings. The smallest absolute Gasteiger partial charge is 0.236 e. The Kier molecular flexibility index (Phi) is 5.29. The Labute approximate surface area is 152 Å². The number of halogens is 1. The maximum absolute atomic E-state index is 12.6. The highest BCUT2D eigenvalue weighted by Crippen LogP contribution is 2.34. The summed E-state index contributed by atoms with van der Waals surface area (Å²) in [6.45, 7) is 0.569. The first-order chi connectivity index (χ1) is 11.9. The molecule has 1 aliphatic heterocycles. The predicted octanol–water partition coefficient (Wildman–Crippen LogP) is 2.08. The zero-order valence-corrected chi connectivity index (χ0v) is 15.4. The normalized spacial score (nSPS) is 22.0. The van der Waals surface area contributed by atoms with Gasteiger partial charge in [0.25, 0.3) is 0 Å². The van der Waals surface area contributed by atoms with E-state index in [0.29, 0.717) is 18.1 Å². The number of rotatable bonds is 5. The molecule has 2 heterocycles. The molecule has 1 N–H and O–H groups in total. The van der Waals surface area contributed by atoms with Gasteiger partial charge < -0.3 is 5.11 Å². The maximum Gasteiger partial charge on any atom is 0.236 e. The molecular formula is C17H20ClN3O3S. The van der Waals surface area contributed by atoms with Gasteiger partial charge in [0.15, 0.2) is 0 Å². The molecule has 1 aliphatic rings. The van der Waals surface area contributed by atoms with Crippen molar-refractivity contribution >= 4 is 27.7 Å². The van der Waals surface area contributed by atoms with Crippen molar-refractivity contribution in [3.8, 4) is 0 Å². The van der Waals surface area contributed by atoms with Crippen LogP contribution in [0.25, 0.3) is 6.08 Å². The quantitative estimate of drug-likeness (QED) is 0.860. The number of hydrogen-bond acceptors (Lipinski definition) is 4. The zero-order valence-electron chi connectivity index (χ0n) is 13.8. The lowest BCUT2D eigenvalue weighted by atomic mass is 9.92. The van der Waals surface area contributed by atoms with E-state index < -0.39 is 10.0 Å². The molecule has 0 aliphatic carbocycles. The SMILES string of the molecule is Cn1cc([C@@H]2CN(S(=O)(=O)/C=C/c3ccc(Cl)cc3)C[C@H]2CO)cn1. The molecule has 2 atom stereocenters. The minimum absolute atomic E-state index is 0.0580. The fraction of sp³-hybridized carbons (Fsp3) is 0.353. The first-order valence-electron chi connectivity index (χ1n) is 7.92. The summed E-state index contributed by atoms with van der Waals surface area (Å²) in [6.07, 6.45) is 5.15. The van der Waals surface area contributed by atoms with Crippen molar-refractivity contribution in [2.45, 2.75) is 5.92 Å². The second-order valence-electron chi connectivity index (χ2n) is 6.21. The first-order valence-corrected chi connectivity index (χ1v) is 9.80. The summed E-state index contributed by atoms with van der Waals surface area (Å²) in [6, 6.07) is 6.94. The van der Waals surface area contributed by atoms with Crippen LogP contribution >= 0.6 is 11.6 Å². The van der Waals surface area contributed by atoms with E-state index in [2.05, 4.69) is 5.10 Å². The van der Waals surface area contributed by atoms with Crippen LogP contribution in [0.4, 0.5) is 0 Å². The Bertz CT molecular complexity index is 862. The van der Waals surface area contributed by atoms with Crippen LogP contribution in [0.3, 0.4) is 0 Å². The monoisotopic (exact) mass is 381 g/mol. The second-order valence-corrected chi connectivity index (χ2v) is 8.47. The van der Waals surface area contributed by atoms with Crippen molar-refractivity contribution in [3.05, 3.63) is 58.2 Å². The molecule has 1 saturated heterocycles. The molecule has 3 rings (SSSR count). The van der Waals surface area contributed by atoms with Crippen LogP contribution in [-0.4, -0.2) is 47.3 Å². The van der Waals surface area contributed by atoms with Gasteiger partial charge in [0.05, 0.1) is 6.20 Å². The van der Waals surface area contributed by atoms with E-state index >= 15 is 0 Å². The molecule has 0 spiro atoms. The van der Waals surface area contributed by atoms with E-state index in [4.69, 9.17) is 11.6 Å². The summed E-state index contributed by atoms with van der Waals surface area (Å²) >= 11 is 5.83. The van der Waals surface area contributed by atoms with Gasteiger partial charge in [-0.15, -0.1) is 0 Å². The van der Waals surface area contributed by atoms with E-state index in [1.54, 1.807) is 41.2 Å². The highest BCUT2D eigenvalue weighted by molar-refractivity contribution is 7.92. The van der Waals surface area contributed by atoms with E-state index in [0.717, 1.165) is 11.1 Å². The molecule has 25 heavy (non-hydrogen) atoms. The Morgan fingerprint density at radius 1 is 1.32 bits per heavy atom. The van der Waals surface area contributed by atoms with Crippen molar-refractivity contribution in [2.75, 3.05) is 19.7 Å². The molecule has 0 radical (unpaired) electrons. The number of nitrogens with zero attached hydrogens (tertiary/aromatic N) is 3. The molecule has 0 unspecified atom stereocenters. The topological polar surface area (TPSA) is 75.4 Å². The van der Waals surface area contributed by atoms with Crippen molar-refractivity contribution in [1.29, 1.82) is 0 Å². The van der Waals surface area contributed by atoms with Crippen molar-refractivity contribution in [2.24, 2.45) is 13.0 Å². The number of aromatic nitrogens is 2. The Morgan fingerprint density at radius 3 is 2.64 bits per heavy atom. The lowest BCUT2D eigenvalue weighted by molar-refractivity contribution is 0.223. The van der Waals surface area contributed by atoms with Crippen molar-refractivity contribution in [1.82, 2.24) is 14.1 Å². The van der Waals surface area contributed by atoms with E-state index in [9.17, 15) is 13.5 Å². The molecule has 6 nitrogen and oxygen atoms in total. The third-order valence-electron chi connectivity index (χ3n) is 4.46. The number of hydrogen-bond donors (Lipinski definition) is 1. The number of aliphatic hydroxyl groups excluding tert-OH is 1. The molecule has 1 aromatic carbocycles. The molecule has 134 valence electrons. The van der Waals surface area contributed by atoms with Crippen LogP contribution in [0.2, 0.25) is 5.02 Å².